The van der Waals surface area contributed by atoms with Gasteiger partial charge in [-0.15, -0.1) is 0 Å². The van der Waals surface area contributed by atoms with Gasteiger partial charge in [-0.2, -0.15) is 5.10 Å². The highest BCUT2D eigenvalue weighted by Gasteiger charge is 2.21. The first-order valence-corrected chi connectivity index (χ1v) is 12.0. The molecule has 3 rings (SSSR count). The van der Waals surface area contributed by atoms with E-state index in [0.717, 1.165) is 12.8 Å². The van der Waals surface area contributed by atoms with Crippen LogP contribution in [0.5, 0.6) is 0 Å². The molecule has 0 aliphatic heterocycles. The van der Waals surface area contributed by atoms with Crippen LogP contribution in [0.4, 0.5) is 0 Å². The molecule has 194 valence electrons. The lowest BCUT2D eigenvalue weighted by Gasteiger charge is -2.14. The van der Waals surface area contributed by atoms with Gasteiger partial charge in [-0.05, 0) is 25.0 Å². The van der Waals surface area contributed by atoms with E-state index in [4.69, 9.17) is 18.6 Å². The van der Waals surface area contributed by atoms with Crippen molar-refractivity contribution in [1.29, 1.82) is 0 Å². The number of nitrogens with zero attached hydrogens (tertiary/aromatic N) is 4. The molecule has 3 aromatic rings. The number of oxazole rings is 1. The fourth-order valence-electron chi connectivity index (χ4n) is 3.41. The molecule has 2 aromatic heterocycles. The Hall–Kier alpha value is -3.41. The molecule has 0 saturated carbocycles. The van der Waals surface area contributed by atoms with Crippen LogP contribution in [-0.2, 0) is 20.8 Å². The Morgan fingerprint density at radius 1 is 1.11 bits per heavy atom. The molecule has 11 nitrogen and oxygen atoms in total. The molecule has 36 heavy (non-hydrogen) atoms. The lowest BCUT2D eigenvalue weighted by molar-refractivity contribution is 0.0224. The first-order chi connectivity index (χ1) is 17.6. The van der Waals surface area contributed by atoms with Gasteiger partial charge in [0.25, 0.3) is 5.91 Å². The number of methoxy groups -OCH3 is 1. The van der Waals surface area contributed by atoms with Crippen molar-refractivity contribution in [2.45, 2.75) is 39.3 Å². The fourth-order valence-corrected chi connectivity index (χ4v) is 3.41. The zero-order valence-corrected chi connectivity index (χ0v) is 20.9. The molecule has 0 saturated heterocycles. The molecule has 1 amide bonds. The molecule has 0 aliphatic carbocycles. The number of hydrogen-bond acceptors (Lipinski definition) is 9. The smallest absolute Gasteiger partial charge is 0.289 e. The van der Waals surface area contributed by atoms with Crippen molar-refractivity contribution < 1.29 is 28.2 Å². The summed E-state index contributed by atoms with van der Waals surface area (Å²) in [4.78, 5) is 32.6. The van der Waals surface area contributed by atoms with Gasteiger partial charge in [-0.3, -0.25) is 9.59 Å². The minimum absolute atomic E-state index is 0.0481. The van der Waals surface area contributed by atoms with E-state index in [-0.39, 0.29) is 23.5 Å². The molecule has 0 radical (unpaired) electrons. The Kier molecular flexibility index (Phi) is 10.7. The second kappa shape index (κ2) is 14.2. The average molecular weight is 500 g/mol. The van der Waals surface area contributed by atoms with E-state index in [2.05, 4.69) is 20.4 Å². The molecule has 0 unspecified atom stereocenters. The number of amides is 1. The van der Waals surface area contributed by atoms with Gasteiger partial charge in [-0.1, -0.05) is 26.0 Å². The molecule has 0 aliphatic rings. The van der Waals surface area contributed by atoms with Crippen LogP contribution in [0.3, 0.4) is 0 Å². The van der Waals surface area contributed by atoms with Crippen LogP contribution < -0.4 is 5.32 Å². The number of aldehydes is 1. The van der Waals surface area contributed by atoms with Gasteiger partial charge in [0.15, 0.2) is 17.9 Å². The summed E-state index contributed by atoms with van der Waals surface area (Å²) in [7, 11) is 1.62. The van der Waals surface area contributed by atoms with E-state index in [0.29, 0.717) is 68.7 Å². The molecular formula is C25H33N5O6. The lowest BCUT2D eigenvalue weighted by Crippen LogP contribution is -2.35. The molecular weight excluding hydrogens is 466 g/mol. The van der Waals surface area contributed by atoms with E-state index < -0.39 is 0 Å². The number of rotatable bonds is 16. The van der Waals surface area contributed by atoms with Crippen molar-refractivity contribution in [3.05, 3.63) is 42.0 Å². The van der Waals surface area contributed by atoms with Crippen molar-refractivity contribution in [3.8, 4) is 22.8 Å². The third kappa shape index (κ3) is 7.54. The molecule has 2 heterocycles. The maximum atomic E-state index is 13.0. The summed E-state index contributed by atoms with van der Waals surface area (Å²) >= 11 is 0. The van der Waals surface area contributed by atoms with Gasteiger partial charge in [0.05, 0.1) is 45.8 Å². The highest BCUT2D eigenvalue weighted by Crippen LogP contribution is 2.24. The normalized spacial score (nSPS) is 11.2. The third-order valence-corrected chi connectivity index (χ3v) is 5.45. The maximum Gasteiger partial charge on any atom is 0.289 e. The second-order valence-electron chi connectivity index (χ2n) is 7.95. The average Bonchev–Trinajstić information content (AvgIpc) is 3.56. The van der Waals surface area contributed by atoms with Crippen LogP contribution in [-0.4, -0.2) is 78.1 Å². The molecule has 0 spiro atoms. The van der Waals surface area contributed by atoms with Crippen molar-refractivity contribution in [2.75, 3.05) is 40.1 Å². The van der Waals surface area contributed by atoms with E-state index in [1.165, 1.54) is 6.20 Å². The number of benzene rings is 1. The summed E-state index contributed by atoms with van der Waals surface area (Å²) in [6.07, 6.45) is 3.60. The highest BCUT2D eigenvalue weighted by atomic mass is 16.5. The summed E-state index contributed by atoms with van der Waals surface area (Å²) in [5.41, 5.74) is 1.35. The number of carbonyl (C=O) groups excluding carboxylic acids is 2. The van der Waals surface area contributed by atoms with Crippen molar-refractivity contribution >= 4 is 12.2 Å². The van der Waals surface area contributed by atoms with E-state index >= 15 is 0 Å². The molecule has 0 atom stereocenters. The Balaban J connectivity index is 1.76. The molecule has 1 aromatic carbocycles. The van der Waals surface area contributed by atoms with Crippen molar-refractivity contribution in [3.63, 3.8) is 0 Å². The molecule has 1 N–H and O–H groups in total. The minimum atomic E-state index is -0.287. The topological polar surface area (TPSA) is 131 Å². The maximum absolute atomic E-state index is 13.0. The van der Waals surface area contributed by atoms with E-state index in [1.54, 1.807) is 17.9 Å². The van der Waals surface area contributed by atoms with Crippen LogP contribution in [0, 0.1) is 0 Å². The van der Waals surface area contributed by atoms with E-state index in [1.807, 2.05) is 32.0 Å². The third-order valence-electron chi connectivity index (χ3n) is 5.45. The summed E-state index contributed by atoms with van der Waals surface area (Å²) in [6.45, 7) is 6.65. The predicted molar refractivity (Wildman–Crippen MR) is 132 cm³/mol. The summed E-state index contributed by atoms with van der Waals surface area (Å²) in [5, 5.41) is 7.61. The van der Waals surface area contributed by atoms with Gasteiger partial charge in [0, 0.05) is 24.3 Å². The monoisotopic (exact) mass is 499 g/mol. The van der Waals surface area contributed by atoms with Gasteiger partial charge in [0.1, 0.15) is 0 Å². The zero-order chi connectivity index (χ0) is 25.8. The van der Waals surface area contributed by atoms with Gasteiger partial charge < -0.3 is 23.9 Å². The largest absolute Gasteiger partial charge is 0.433 e. The number of ether oxygens (including phenoxy) is 3. The second-order valence-corrected chi connectivity index (χ2v) is 7.95. The molecule has 0 fully saturated rings. The highest BCUT2D eigenvalue weighted by molar-refractivity contribution is 5.91. The lowest BCUT2D eigenvalue weighted by atomic mass is 10.1. The summed E-state index contributed by atoms with van der Waals surface area (Å²) in [6, 6.07) is 7.31. The number of carbonyl (C=O) groups is 2. The first kappa shape index (κ1) is 27.2. The number of hydrogen-bond donors (Lipinski definition) is 1. The fraction of sp³-hybridized carbons (Fsp3) is 0.480. The Labute approximate surface area is 210 Å². The van der Waals surface area contributed by atoms with Crippen LogP contribution in [0.2, 0.25) is 0 Å². The standard InChI is InChI=1S/C25H33N5O6/c1-4-20(5-2)27-24(32)23-28-22(29-30(23)9-10-34-13-14-35-12-11-33-3)18-7-6-8-19(15-18)25-26-16-21(17-31)36-25/h6-8,15-17,20H,4-5,9-14H2,1-3H3,(H,27,32). The van der Waals surface area contributed by atoms with Crippen LogP contribution in [0.25, 0.3) is 22.8 Å². The van der Waals surface area contributed by atoms with Gasteiger partial charge in [-0.25, -0.2) is 14.6 Å². The molecule has 0 bridgehead atoms. The van der Waals surface area contributed by atoms with Crippen LogP contribution in [0.1, 0.15) is 47.9 Å². The Morgan fingerprint density at radius 2 is 1.83 bits per heavy atom. The van der Waals surface area contributed by atoms with Crippen molar-refractivity contribution in [2.24, 2.45) is 0 Å². The number of nitrogens with one attached hydrogen (secondary N) is 1. The Morgan fingerprint density at radius 3 is 2.53 bits per heavy atom. The SMILES string of the molecule is CCC(CC)NC(=O)c1nc(-c2cccc(-c3ncc(C=O)o3)c2)nn1CCOCCOCCOC. The summed E-state index contributed by atoms with van der Waals surface area (Å²) < 4.78 is 23.0. The van der Waals surface area contributed by atoms with Gasteiger partial charge >= 0.3 is 0 Å². The van der Waals surface area contributed by atoms with Crippen LogP contribution >= 0.6 is 0 Å². The summed E-state index contributed by atoms with van der Waals surface area (Å²) in [5.74, 6) is 0.761. The predicted octanol–water partition coefficient (Wildman–Crippen LogP) is 3.01. The number of aromatic nitrogens is 4. The zero-order valence-electron chi connectivity index (χ0n) is 20.9. The van der Waals surface area contributed by atoms with E-state index in [9.17, 15) is 9.59 Å². The van der Waals surface area contributed by atoms with Crippen molar-refractivity contribution in [1.82, 2.24) is 25.1 Å². The first-order valence-electron chi connectivity index (χ1n) is 12.0. The molecule has 11 heteroatoms. The quantitative estimate of drug-likeness (QED) is 0.233. The Bertz CT molecular complexity index is 1110. The van der Waals surface area contributed by atoms with Crippen LogP contribution in [0.15, 0.2) is 34.9 Å². The van der Waals surface area contributed by atoms with Gasteiger partial charge in [0.2, 0.25) is 11.7 Å². The minimum Gasteiger partial charge on any atom is -0.433 e.